The van der Waals surface area contributed by atoms with E-state index in [9.17, 15) is 4.39 Å². The van der Waals surface area contributed by atoms with Gasteiger partial charge in [0.1, 0.15) is 5.82 Å². The van der Waals surface area contributed by atoms with Crippen LogP contribution in [0.5, 0.6) is 0 Å². The van der Waals surface area contributed by atoms with E-state index >= 15 is 0 Å². The minimum atomic E-state index is -0.340. The molecule has 0 amide bonds. The minimum Gasteiger partial charge on any atom is -0.313 e. The summed E-state index contributed by atoms with van der Waals surface area (Å²) in [5, 5.41) is 4.41. The first-order valence-corrected chi connectivity index (χ1v) is 9.15. The van der Waals surface area contributed by atoms with Crippen LogP contribution in [-0.4, -0.2) is 35.1 Å². The van der Waals surface area contributed by atoms with Crippen molar-refractivity contribution in [1.82, 2.24) is 5.32 Å². The quantitative estimate of drug-likeness (QED) is 0.885. The van der Waals surface area contributed by atoms with Gasteiger partial charge in [-0.05, 0) is 30.7 Å². The lowest BCUT2D eigenvalue weighted by Gasteiger charge is -2.30. The molecule has 1 nitrogen and oxygen atoms in total. The lowest BCUT2D eigenvalue weighted by Crippen LogP contribution is -2.42. The third kappa shape index (κ3) is 4.55. The molecule has 19 heavy (non-hydrogen) atoms. The first-order chi connectivity index (χ1) is 9.20. The van der Waals surface area contributed by atoms with Crippen molar-refractivity contribution < 1.29 is 4.39 Å². The second kappa shape index (κ2) is 7.77. The Labute approximate surface area is 128 Å². The minimum absolute atomic E-state index is 0.221. The van der Waals surface area contributed by atoms with Crippen LogP contribution in [0.1, 0.15) is 12.5 Å². The Morgan fingerprint density at radius 2 is 2.32 bits per heavy atom. The van der Waals surface area contributed by atoms with E-state index in [1.54, 1.807) is 6.07 Å². The highest BCUT2D eigenvalue weighted by molar-refractivity contribution is 8.06. The molecule has 0 bridgehead atoms. The number of hydrogen-bond acceptors (Lipinski definition) is 3. The van der Waals surface area contributed by atoms with E-state index in [0.29, 0.717) is 11.3 Å². The van der Waals surface area contributed by atoms with Crippen LogP contribution in [0, 0.1) is 5.82 Å². The topological polar surface area (TPSA) is 12.0 Å². The Bertz CT molecular complexity index is 410. The molecule has 1 aromatic carbocycles. The standard InChI is InChI=1S/C14H19ClFNS2/c1-2-17-13(14-9-18-5-6-19-14)8-10-3-4-12(16)11(15)7-10/h3-4,7,13-14,17H,2,5-6,8-9H2,1H3. The molecule has 0 aromatic heterocycles. The van der Waals surface area contributed by atoms with Gasteiger partial charge >= 0.3 is 0 Å². The number of rotatable bonds is 5. The van der Waals surface area contributed by atoms with Crippen LogP contribution in [0.3, 0.4) is 0 Å². The van der Waals surface area contributed by atoms with Gasteiger partial charge in [-0.15, -0.1) is 0 Å². The number of likely N-dealkylation sites (N-methyl/N-ethyl adjacent to an activating group) is 1. The summed E-state index contributed by atoms with van der Waals surface area (Å²) in [6.45, 7) is 3.09. The molecule has 0 saturated carbocycles. The predicted octanol–water partition coefficient (Wildman–Crippen LogP) is 3.85. The maximum Gasteiger partial charge on any atom is 0.141 e. The summed E-state index contributed by atoms with van der Waals surface area (Å²) < 4.78 is 13.2. The van der Waals surface area contributed by atoms with Gasteiger partial charge in [0.25, 0.3) is 0 Å². The van der Waals surface area contributed by atoms with Crippen molar-refractivity contribution in [3.8, 4) is 0 Å². The molecular formula is C14H19ClFNS2. The van der Waals surface area contributed by atoms with E-state index in [1.165, 1.54) is 23.3 Å². The molecule has 1 fully saturated rings. The number of benzene rings is 1. The molecule has 0 radical (unpaired) electrons. The summed E-state index contributed by atoms with van der Waals surface area (Å²) in [6, 6.07) is 5.49. The number of nitrogens with one attached hydrogen (secondary N) is 1. The average Bonchev–Trinajstić information content (AvgIpc) is 2.43. The van der Waals surface area contributed by atoms with Gasteiger partial charge in [-0.2, -0.15) is 23.5 Å². The van der Waals surface area contributed by atoms with Gasteiger partial charge in [0.05, 0.1) is 5.02 Å². The van der Waals surface area contributed by atoms with Crippen LogP contribution in [0.2, 0.25) is 5.02 Å². The van der Waals surface area contributed by atoms with Crippen molar-refractivity contribution >= 4 is 35.1 Å². The highest BCUT2D eigenvalue weighted by atomic mass is 35.5. The third-order valence-corrected chi connectivity index (χ3v) is 6.41. The van der Waals surface area contributed by atoms with Crippen molar-refractivity contribution in [3.05, 3.63) is 34.6 Å². The van der Waals surface area contributed by atoms with Gasteiger partial charge in [0, 0.05) is 28.6 Å². The fourth-order valence-electron chi connectivity index (χ4n) is 2.26. The summed E-state index contributed by atoms with van der Waals surface area (Å²) >= 11 is 9.93. The highest BCUT2D eigenvalue weighted by Crippen LogP contribution is 2.28. The molecule has 1 saturated heterocycles. The highest BCUT2D eigenvalue weighted by Gasteiger charge is 2.24. The summed E-state index contributed by atoms with van der Waals surface area (Å²) in [5.41, 5.74) is 1.11. The van der Waals surface area contributed by atoms with Gasteiger partial charge in [-0.25, -0.2) is 4.39 Å². The molecule has 0 spiro atoms. The summed E-state index contributed by atoms with van der Waals surface area (Å²) in [6.07, 6.45) is 0.909. The molecule has 1 heterocycles. The molecule has 1 N–H and O–H groups in total. The molecule has 0 aliphatic carbocycles. The monoisotopic (exact) mass is 319 g/mol. The van der Waals surface area contributed by atoms with E-state index in [4.69, 9.17) is 11.6 Å². The smallest absolute Gasteiger partial charge is 0.141 e. The third-order valence-electron chi connectivity index (χ3n) is 3.20. The lowest BCUT2D eigenvalue weighted by atomic mass is 10.0. The van der Waals surface area contributed by atoms with E-state index in [1.807, 2.05) is 29.6 Å². The van der Waals surface area contributed by atoms with E-state index in [2.05, 4.69) is 12.2 Å². The van der Waals surface area contributed by atoms with Gasteiger partial charge < -0.3 is 5.32 Å². The number of thioether (sulfide) groups is 2. The normalized spacial score (nSPS) is 21.3. The zero-order valence-electron chi connectivity index (χ0n) is 11.0. The Kier molecular flexibility index (Phi) is 6.33. The Balaban J connectivity index is 2.04. The van der Waals surface area contributed by atoms with Gasteiger partial charge in [0.2, 0.25) is 0 Å². The van der Waals surface area contributed by atoms with Gasteiger partial charge in [-0.3, -0.25) is 0 Å². The molecule has 1 aliphatic heterocycles. The molecule has 1 aromatic rings. The Hall–Kier alpha value is 0.1000. The van der Waals surface area contributed by atoms with Crippen molar-refractivity contribution in [2.45, 2.75) is 24.6 Å². The average molecular weight is 320 g/mol. The fourth-order valence-corrected chi connectivity index (χ4v) is 5.35. The Morgan fingerprint density at radius 1 is 1.47 bits per heavy atom. The van der Waals surface area contributed by atoms with E-state index in [-0.39, 0.29) is 10.8 Å². The maximum absolute atomic E-state index is 13.2. The Morgan fingerprint density at radius 3 is 2.95 bits per heavy atom. The molecule has 2 atom stereocenters. The summed E-state index contributed by atoms with van der Waals surface area (Å²) in [7, 11) is 0. The second-order valence-corrected chi connectivity index (χ2v) is 7.51. The van der Waals surface area contributed by atoms with Crippen LogP contribution in [0.25, 0.3) is 0 Å². The summed E-state index contributed by atoms with van der Waals surface area (Å²) in [5.74, 6) is 3.33. The van der Waals surface area contributed by atoms with Crippen LogP contribution >= 0.6 is 35.1 Å². The van der Waals surface area contributed by atoms with Gasteiger partial charge in [0.15, 0.2) is 0 Å². The number of hydrogen-bond donors (Lipinski definition) is 1. The number of halogens is 2. The predicted molar refractivity (Wildman–Crippen MR) is 86.1 cm³/mol. The molecule has 2 rings (SSSR count). The van der Waals surface area contributed by atoms with Gasteiger partial charge in [-0.1, -0.05) is 24.6 Å². The second-order valence-electron chi connectivity index (χ2n) is 4.60. The fraction of sp³-hybridized carbons (Fsp3) is 0.571. The molecule has 106 valence electrons. The lowest BCUT2D eigenvalue weighted by molar-refractivity contribution is 0.522. The van der Waals surface area contributed by atoms with Crippen LogP contribution in [-0.2, 0) is 6.42 Å². The zero-order chi connectivity index (χ0) is 13.7. The van der Waals surface area contributed by atoms with Crippen molar-refractivity contribution in [3.63, 3.8) is 0 Å². The molecule has 1 aliphatic rings. The van der Waals surface area contributed by atoms with Crippen LogP contribution in [0.4, 0.5) is 4.39 Å². The largest absolute Gasteiger partial charge is 0.313 e. The molecular weight excluding hydrogens is 301 g/mol. The maximum atomic E-state index is 13.2. The summed E-state index contributed by atoms with van der Waals surface area (Å²) in [4.78, 5) is 0. The van der Waals surface area contributed by atoms with Crippen molar-refractivity contribution in [1.29, 1.82) is 0 Å². The first-order valence-electron chi connectivity index (χ1n) is 6.57. The molecule has 5 heteroatoms. The SMILES string of the molecule is CCNC(Cc1ccc(F)c(Cl)c1)C1CSCCS1. The zero-order valence-corrected chi connectivity index (χ0v) is 13.4. The van der Waals surface area contributed by atoms with Crippen molar-refractivity contribution in [2.24, 2.45) is 0 Å². The van der Waals surface area contributed by atoms with E-state index in [0.717, 1.165) is 18.5 Å². The van der Waals surface area contributed by atoms with Crippen LogP contribution < -0.4 is 5.32 Å². The van der Waals surface area contributed by atoms with Crippen LogP contribution in [0.15, 0.2) is 18.2 Å². The van der Waals surface area contributed by atoms with E-state index < -0.39 is 0 Å². The first kappa shape index (κ1) is 15.5. The molecule has 2 unspecified atom stereocenters. The van der Waals surface area contributed by atoms with Crippen molar-refractivity contribution in [2.75, 3.05) is 23.8 Å².